The van der Waals surface area contributed by atoms with Crippen molar-refractivity contribution < 1.29 is 37.3 Å². The third kappa shape index (κ3) is 56.4. The van der Waals surface area contributed by atoms with E-state index < -0.39 is 26.6 Å². The first kappa shape index (κ1) is 72.9. The molecule has 0 saturated carbocycles. The molecule has 0 aliphatic rings. The van der Waals surface area contributed by atoms with Crippen LogP contribution in [0.4, 0.5) is 0 Å². The Balaban J connectivity index is 5.45. The molecular formula is C67H111N2O7P. The van der Waals surface area contributed by atoms with Crippen LogP contribution in [0.15, 0.2) is 146 Å². The van der Waals surface area contributed by atoms with Crippen molar-refractivity contribution >= 4 is 19.7 Å². The second kappa shape index (κ2) is 55.2. The zero-order valence-corrected chi connectivity index (χ0v) is 50.5. The SMILES string of the molecule is CC\C=C/C=C/C=C/C=C\C=C\C=C\CCCCCC(=O)NC(COP(=O)([O-])OCC[N+](C)(C)C)C(/C=C/CCCCCCCCCCCCC)OC(=O)CCCCCCC/C=C\C/C=C\C/C=C\C/C=C\C/C=C\CC. The minimum atomic E-state index is -4.73. The molecular weight excluding hydrogens is 976 g/mol. The quantitative estimate of drug-likeness (QED) is 0.0161. The molecule has 0 aliphatic carbocycles. The lowest BCUT2D eigenvalue weighted by Gasteiger charge is -2.30. The normalized spacial score (nSPS) is 14.7. The van der Waals surface area contributed by atoms with E-state index in [4.69, 9.17) is 13.8 Å². The fourth-order valence-electron chi connectivity index (χ4n) is 7.81. The van der Waals surface area contributed by atoms with Gasteiger partial charge >= 0.3 is 5.97 Å². The molecule has 0 spiro atoms. The summed E-state index contributed by atoms with van der Waals surface area (Å²) in [6.07, 6.45) is 79.5. The van der Waals surface area contributed by atoms with Crippen molar-refractivity contribution in [1.29, 1.82) is 0 Å². The van der Waals surface area contributed by atoms with Gasteiger partial charge in [0.2, 0.25) is 5.91 Å². The number of phosphoric ester groups is 1. The molecule has 0 rings (SSSR count). The van der Waals surface area contributed by atoms with Crippen molar-refractivity contribution in [2.75, 3.05) is 40.9 Å². The highest BCUT2D eigenvalue weighted by Gasteiger charge is 2.27. The molecule has 436 valence electrons. The highest BCUT2D eigenvalue weighted by Crippen LogP contribution is 2.38. The minimum absolute atomic E-state index is 0.0439. The molecule has 0 bridgehead atoms. The third-order valence-corrected chi connectivity index (χ3v) is 13.4. The van der Waals surface area contributed by atoms with E-state index in [1.54, 1.807) is 0 Å². The van der Waals surface area contributed by atoms with Crippen LogP contribution in [0.25, 0.3) is 0 Å². The van der Waals surface area contributed by atoms with Gasteiger partial charge in [-0.1, -0.05) is 250 Å². The zero-order chi connectivity index (χ0) is 56.4. The Bertz CT molecular complexity index is 1830. The van der Waals surface area contributed by atoms with E-state index in [0.717, 1.165) is 109 Å². The van der Waals surface area contributed by atoms with Gasteiger partial charge in [-0.2, -0.15) is 0 Å². The first-order chi connectivity index (χ1) is 37.4. The van der Waals surface area contributed by atoms with E-state index in [0.29, 0.717) is 23.9 Å². The van der Waals surface area contributed by atoms with Crippen LogP contribution in [0.2, 0.25) is 0 Å². The highest BCUT2D eigenvalue weighted by molar-refractivity contribution is 7.45. The molecule has 1 N–H and O–H groups in total. The first-order valence-corrected chi connectivity index (χ1v) is 31.7. The Morgan fingerprint density at radius 3 is 1.42 bits per heavy atom. The van der Waals surface area contributed by atoms with Crippen LogP contribution < -0.4 is 10.2 Å². The summed E-state index contributed by atoms with van der Waals surface area (Å²) in [5.41, 5.74) is 0. The van der Waals surface area contributed by atoms with Gasteiger partial charge in [-0.05, 0) is 96.0 Å². The van der Waals surface area contributed by atoms with Crippen molar-refractivity contribution in [2.24, 2.45) is 0 Å². The third-order valence-electron chi connectivity index (χ3n) is 12.4. The lowest BCUT2D eigenvalue weighted by molar-refractivity contribution is -0.870. The van der Waals surface area contributed by atoms with Gasteiger partial charge in [0.25, 0.3) is 7.82 Å². The van der Waals surface area contributed by atoms with Crippen LogP contribution in [0.5, 0.6) is 0 Å². The standard InChI is InChI=1S/C67H111N2O7P/c1-7-10-13-16-19-22-25-28-30-32-33-34-35-37-39-42-45-48-51-54-57-60-67(71)76-65(58-55-52-49-46-43-40-27-24-21-18-15-12-9-3)64(63-75-77(72,73)74-62-61-69(4,5)6)68-66(70)59-56-53-50-47-44-41-38-36-31-29-26-23-20-17-14-11-8-2/h10-11,13-14,17,19-20,22-23,26,28-31,33-34,36-39,41,44,55,58,64-65H,7-9,12,15-16,18,21,24-25,27,32,35,40,42-43,45-54,56-57,59-63H2,1-6H3,(H-,68,70,72,73)/b13-10-,14-11-,20-17+,22-19-,26-23+,30-28-,31-29-,34-33-,38-36+,39-37-,44-41+,58-55+. The second-order valence-corrected chi connectivity index (χ2v) is 22.3. The smallest absolute Gasteiger partial charge is 0.306 e. The van der Waals surface area contributed by atoms with Crippen LogP contribution in [0, 0.1) is 0 Å². The average Bonchev–Trinajstić information content (AvgIpc) is 3.39. The number of hydrogen-bond acceptors (Lipinski definition) is 7. The maximum atomic E-state index is 13.5. The monoisotopic (exact) mass is 1090 g/mol. The van der Waals surface area contributed by atoms with Crippen molar-refractivity contribution in [3.05, 3.63) is 146 Å². The molecule has 0 aromatic rings. The van der Waals surface area contributed by atoms with E-state index in [1.165, 1.54) is 57.8 Å². The van der Waals surface area contributed by atoms with E-state index in [-0.39, 0.29) is 31.3 Å². The van der Waals surface area contributed by atoms with Gasteiger partial charge in [-0.15, -0.1) is 0 Å². The number of carbonyl (C=O) groups excluding carboxylic acids is 2. The number of nitrogens with one attached hydrogen (secondary N) is 1. The molecule has 0 aromatic heterocycles. The molecule has 0 radical (unpaired) electrons. The zero-order valence-electron chi connectivity index (χ0n) is 49.6. The summed E-state index contributed by atoms with van der Waals surface area (Å²) in [5, 5.41) is 2.99. The molecule has 0 aliphatic heterocycles. The molecule has 3 unspecified atom stereocenters. The number of rotatable bonds is 52. The molecule has 0 aromatic carbocycles. The maximum absolute atomic E-state index is 13.5. The van der Waals surface area contributed by atoms with E-state index >= 15 is 0 Å². The number of amides is 1. The summed E-state index contributed by atoms with van der Waals surface area (Å²) in [6.45, 7) is 6.51. The average molecular weight is 1090 g/mol. The fourth-order valence-corrected chi connectivity index (χ4v) is 8.54. The van der Waals surface area contributed by atoms with Crippen molar-refractivity contribution in [2.45, 2.75) is 226 Å². The lowest BCUT2D eigenvalue weighted by Crippen LogP contribution is -2.47. The van der Waals surface area contributed by atoms with Gasteiger partial charge in [0.15, 0.2) is 0 Å². The number of nitrogens with zero attached hydrogens (tertiary/aromatic N) is 1. The summed E-state index contributed by atoms with van der Waals surface area (Å²) in [4.78, 5) is 40.0. The van der Waals surface area contributed by atoms with Crippen LogP contribution in [0.3, 0.4) is 0 Å². The number of carbonyl (C=O) groups is 2. The van der Waals surface area contributed by atoms with Gasteiger partial charge in [-0.25, -0.2) is 0 Å². The van der Waals surface area contributed by atoms with E-state index in [1.807, 2.05) is 94.1 Å². The van der Waals surface area contributed by atoms with Crippen LogP contribution in [-0.2, 0) is 27.9 Å². The molecule has 10 heteroatoms. The number of quaternary nitrogens is 1. The minimum Gasteiger partial charge on any atom is -0.756 e. The fraction of sp³-hybridized carbons (Fsp3) is 0.612. The molecule has 3 atom stereocenters. The number of unbranched alkanes of at least 4 members (excludes halogenated alkanes) is 19. The lowest BCUT2D eigenvalue weighted by atomic mass is 10.0. The molecule has 0 saturated heterocycles. The summed E-state index contributed by atoms with van der Waals surface area (Å²) in [6, 6.07) is -0.932. The molecule has 77 heavy (non-hydrogen) atoms. The predicted octanol–water partition coefficient (Wildman–Crippen LogP) is 18.0. The largest absolute Gasteiger partial charge is 0.756 e. The summed E-state index contributed by atoms with van der Waals surface area (Å²) >= 11 is 0. The van der Waals surface area contributed by atoms with Gasteiger partial charge < -0.3 is 28.5 Å². The van der Waals surface area contributed by atoms with Gasteiger partial charge in [-0.3, -0.25) is 14.2 Å². The number of hydrogen-bond donors (Lipinski definition) is 1. The Hall–Kier alpha value is -4.11. The molecule has 0 fully saturated rings. The summed E-state index contributed by atoms with van der Waals surface area (Å²) < 4.78 is 30.3. The van der Waals surface area contributed by atoms with Crippen LogP contribution >= 0.6 is 7.82 Å². The highest BCUT2D eigenvalue weighted by atomic mass is 31.2. The van der Waals surface area contributed by atoms with Crippen molar-refractivity contribution in [3.63, 3.8) is 0 Å². The van der Waals surface area contributed by atoms with E-state index in [2.05, 4.69) is 99.0 Å². The Morgan fingerprint density at radius 1 is 0.481 bits per heavy atom. The molecule has 9 nitrogen and oxygen atoms in total. The number of likely N-dealkylation sites (N-methyl/N-ethyl adjacent to an activating group) is 1. The Kier molecular flexibility index (Phi) is 52.3. The van der Waals surface area contributed by atoms with Crippen LogP contribution in [-0.4, -0.2) is 69.4 Å². The van der Waals surface area contributed by atoms with Crippen LogP contribution in [0.1, 0.15) is 213 Å². The van der Waals surface area contributed by atoms with Gasteiger partial charge in [0.1, 0.15) is 19.3 Å². The first-order valence-electron chi connectivity index (χ1n) is 30.2. The molecule has 1 amide bonds. The summed E-state index contributed by atoms with van der Waals surface area (Å²) in [7, 11) is 1.11. The van der Waals surface area contributed by atoms with Gasteiger partial charge in [0.05, 0.1) is 33.8 Å². The predicted molar refractivity (Wildman–Crippen MR) is 329 cm³/mol. The topological polar surface area (TPSA) is 114 Å². The van der Waals surface area contributed by atoms with Crippen molar-refractivity contribution in [3.8, 4) is 0 Å². The van der Waals surface area contributed by atoms with Gasteiger partial charge in [0, 0.05) is 12.8 Å². The number of ether oxygens (including phenoxy) is 1. The Labute approximate surface area is 472 Å². The van der Waals surface area contributed by atoms with Crippen molar-refractivity contribution in [1.82, 2.24) is 5.32 Å². The summed E-state index contributed by atoms with van der Waals surface area (Å²) in [5.74, 6) is -0.627. The second-order valence-electron chi connectivity index (χ2n) is 20.9. The maximum Gasteiger partial charge on any atom is 0.306 e. The number of phosphoric acid groups is 1. The number of esters is 1. The number of allylic oxidation sites excluding steroid dienone is 23. The molecule has 0 heterocycles. The Morgan fingerprint density at radius 2 is 0.896 bits per heavy atom. The van der Waals surface area contributed by atoms with E-state index in [9.17, 15) is 19.0 Å².